The second-order valence-corrected chi connectivity index (χ2v) is 3.91. The van der Waals surface area contributed by atoms with Gasteiger partial charge in [-0.05, 0) is 25.7 Å². The third-order valence-corrected chi connectivity index (χ3v) is 3.06. The van der Waals surface area contributed by atoms with E-state index >= 15 is 0 Å². The highest BCUT2D eigenvalue weighted by Crippen LogP contribution is 2.44. The zero-order valence-corrected chi connectivity index (χ0v) is 7.62. The predicted octanol–water partition coefficient (Wildman–Crippen LogP) is 1.35. The van der Waals surface area contributed by atoms with Crippen LogP contribution in [-0.2, 0) is 9.59 Å². The second kappa shape index (κ2) is 3.36. The molecule has 1 fully saturated rings. The molecule has 0 heterocycles. The van der Waals surface area contributed by atoms with Gasteiger partial charge in [-0.15, -0.1) is 0 Å². The molecule has 0 aromatic rings. The summed E-state index contributed by atoms with van der Waals surface area (Å²) in [6.07, 6.45) is 2.11. The van der Waals surface area contributed by atoms with E-state index in [1.54, 1.807) is 6.92 Å². The first-order valence-electron chi connectivity index (χ1n) is 4.42. The Hall–Kier alpha value is -1.06. The number of carboxylic acid groups (broad SMARTS) is 2. The van der Waals surface area contributed by atoms with Gasteiger partial charge in [-0.25, -0.2) is 0 Å². The van der Waals surface area contributed by atoms with Crippen molar-refractivity contribution in [2.75, 3.05) is 0 Å². The molecule has 74 valence electrons. The van der Waals surface area contributed by atoms with Gasteiger partial charge < -0.3 is 10.2 Å². The van der Waals surface area contributed by atoms with Crippen LogP contribution < -0.4 is 0 Å². The van der Waals surface area contributed by atoms with Crippen LogP contribution in [-0.4, -0.2) is 22.2 Å². The molecule has 2 unspecified atom stereocenters. The molecule has 0 aromatic heterocycles. The first-order valence-corrected chi connectivity index (χ1v) is 4.42. The van der Waals surface area contributed by atoms with Crippen LogP contribution in [0.5, 0.6) is 0 Å². The van der Waals surface area contributed by atoms with Crippen molar-refractivity contribution in [3.63, 3.8) is 0 Å². The lowest BCUT2D eigenvalue weighted by Gasteiger charge is -2.25. The highest BCUT2D eigenvalue weighted by Gasteiger charge is 2.45. The molecule has 0 saturated heterocycles. The molecule has 2 atom stereocenters. The molecule has 0 amide bonds. The van der Waals surface area contributed by atoms with Crippen LogP contribution in [0.15, 0.2) is 0 Å². The summed E-state index contributed by atoms with van der Waals surface area (Å²) in [4.78, 5) is 21.4. The van der Waals surface area contributed by atoms with E-state index in [1.807, 2.05) is 0 Å². The minimum Gasteiger partial charge on any atom is -0.481 e. The molecule has 0 bridgehead atoms. The normalized spacial score (nSPS) is 33.2. The van der Waals surface area contributed by atoms with Crippen molar-refractivity contribution in [1.82, 2.24) is 0 Å². The Labute approximate surface area is 76.6 Å². The quantitative estimate of drug-likeness (QED) is 0.697. The Morgan fingerprint density at radius 3 is 2.54 bits per heavy atom. The average molecular weight is 186 g/mol. The van der Waals surface area contributed by atoms with Gasteiger partial charge in [-0.3, -0.25) is 9.59 Å². The molecular weight excluding hydrogens is 172 g/mol. The van der Waals surface area contributed by atoms with Gasteiger partial charge >= 0.3 is 11.9 Å². The first-order chi connectivity index (χ1) is 5.97. The fraction of sp³-hybridized carbons (Fsp3) is 0.778. The van der Waals surface area contributed by atoms with Crippen LogP contribution in [0.3, 0.4) is 0 Å². The number of hydrogen-bond acceptors (Lipinski definition) is 2. The molecule has 4 nitrogen and oxygen atoms in total. The van der Waals surface area contributed by atoms with Gasteiger partial charge in [0.05, 0.1) is 5.41 Å². The van der Waals surface area contributed by atoms with Crippen molar-refractivity contribution in [1.29, 1.82) is 0 Å². The summed E-state index contributed by atoms with van der Waals surface area (Å²) < 4.78 is 0. The highest BCUT2D eigenvalue weighted by molar-refractivity contribution is 5.76. The van der Waals surface area contributed by atoms with Gasteiger partial charge in [0.1, 0.15) is 0 Å². The van der Waals surface area contributed by atoms with Gasteiger partial charge in [0.15, 0.2) is 0 Å². The number of carbonyl (C=O) groups is 2. The molecule has 0 radical (unpaired) electrons. The molecule has 0 aromatic carbocycles. The Morgan fingerprint density at radius 2 is 2.08 bits per heavy atom. The average Bonchev–Trinajstić information content (AvgIpc) is 2.33. The van der Waals surface area contributed by atoms with Crippen LogP contribution in [0.4, 0.5) is 0 Å². The molecule has 1 aliphatic carbocycles. The summed E-state index contributed by atoms with van der Waals surface area (Å²) >= 11 is 0. The largest absolute Gasteiger partial charge is 0.481 e. The van der Waals surface area contributed by atoms with E-state index < -0.39 is 17.4 Å². The Kier molecular flexibility index (Phi) is 2.59. The topological polar surface area (TPSA) is 74.6 Å². The lowest BCUT2D eigenvalue weighted by Crippen LogP contribution is -2.32. The van der Waals surface area contributed by atoms with Gasteiger partial charge in [-0.1, -0.05) is 6.42 Å². The van der Waals surface area contributed by atoms with E-state index in [1.165, 1.54) is 0 Å². The predicted molar refractivity (Wildman–Crippen MR) is 45.3 cm³/mol. The van der Waals surface area contributed by atoms with Gasteiger partial charge in [0.2, 0.25) is 0 Å². The van der Waals surface area contributed by atoms with Crippen molar-refractivity contribution < 1.29 is 19.8 Å². The van der Waals surface area contributed by atoms with Crippen LogP contribution >= 0.6 is 0 Å². The fourth-order valence-corrected chi connectivity index (χ4v) is 2.06. The van der Waals surface area contributed by atoms with E-state index in [-0.39, 0.29) is 12.3 Å². The monoisotopic (exact) mass is 186 g/mol. The zero-order chi connectivity index (χ0) is 10.1. The third kappa shape index (κ3) is 1.82. The Bertz CT molecular complexity index is 236. The molecule has 0 aliphatic heterocycles. The number of aliphatic carboxylic acids is 2. The highest BCUT2D eigenvalue weighted by atomic mass is 16.4. The summed E-state index contributed by atoms with van der Waals surface area (Å²) in [5.41, 5.74) is -0.821. The summed E-state index contributed by atoms with van der Waals surface area (Å²) in [6.45, 7) is 1.65. The van der Waals surface area contributed by atoms with E-state index in [9.17, 15) is 9.59 Å². The minimum absolute atomic E-state index is 0.0250. The first kappa shape index (κ1) is 10.0. The lowest BCUT2D eigenvalue weighted by atomic mass is 9.78. The summed E-state index contributed by atoms with van der Waals surface area (Å²) in [5.74, 6) is -1.97. The summed E-state index contributed by atoms with van der Waals surface area (Å²) in [6, 6.07) is 0. The van der Waals surface area contributed by atoms with E-state index in [0.29, 0.717) is 6.42 Å². The van der Waals surface area contributed by atoms with Crippen LogP contribution in [0, 0.1) is 11.3 Å². The molecule has 1 rings (SSSR count). The number of rotatable bonds is 3. The van der Waals surface area contributed by atoms with Gasteiger partial charge in [-0.2, -0.15) is 0 Å². The van der Waals surface area contributed by atoms with E-state index in [2.05, 4.69) is 0 Å². The maximum Gasteiger partial charge on any atom is 0.309 e. The molecule has 4 heteroatoms. The maximum atomic E-state index is 10.9. The van der Waals surface area contributed by atoms with E-state index in [4.69, 9.17) is 10.2 Å². The summed E-state index contributed by atoms with van der Waals surface area (Å²) in [5, 5.41) is 17.6. The molecule has 13 heavy (non-hydrogen) atoms. The van der Waals surface area contributed by atoms with Crippen molar-refractivity contribution in [2.24, 2.45) is 11.3 Å². The van der Waals surface area contributed by atoms with Crippen LogP contribution in [0.25, 0.3) is 0 Å². The number of carboxylic acids is 2. The van der Waals surface area contributed by atoms with Crippen molar-refractivity contribution in [2.45, 2.75) is 32.6 Å². The lowest BCUT2D eigenvalue weighted by molar-refractivity contribution is -0.151. The third-order valence-electron chi connectivity index (χ3n) is 3.06. The Morgan fingerprint density at radius 1 is 1.46 bits per heavy atom. The van der Waals surface area contributed by atoms with Crippen LogP contribution in [0.1, 0.15) is 32.6 Å². The minimum atomic E-state index is -0.903. The standard InChI is InChI=1S/C9H14O4/c1-9(8(12)13)4-2-3-6(9)5-7(10)11/h6H,2-5H2,1H3,(H,10,11)(H,12,13). The number of hydrogen-bond donors (Lipinski definition) is 2. The Balaban J connectivity index is 2.73. The van der Waals surface area contributed by atoms with Gasteiger partial charge in [0.25, 0.3) is 0 Å². The summed E-state index contributed by atoms with van der Waals surface area (Å²) in [7, 11) is 0. The molecule has 1 aliphatic rings. The fourth-order valence-electron chi connectivity index (χ4n) is 2.06. The smallest absolute Gasteiger partial charge is 0.309 e. The molecular formula is C9H14O4. The molecule has 0 spiro atoms. The van der Waals surface area contributed by atoms with Crippen LogP contribution in [0.2, 0.25) is 0 Å². The molecule has 1 saturated carbocycles. The maximum absolute atomic E-state index is 10.9. The zero-order valence-electron chi connectivity index (χ0n) is 7.62. The van der Waals surface area contributed by atoms with Crippen molar-refractivity contribution >= 4 is 11.9 Å². The van der Waals surface area contributed by atoms with Gasteiger partial charge in [0, 0.05) is 6.42 Å². The van der Waals surface area contributed by atoms with Crippen molar-refractivity contribution in [3.8, 4) is 0 Å². The van der Waals surface area contributed by atoms with Crippen molar-refractivity contribution in [3.05, 3.63) is 0 Å². The second-order valence-electron chi connectivity index (χ2n) is 3.91. The SMILES string of the molecule is CC1(C(=O)O)CCCC1CC(=O)O. The molecule has 2 N–H and O–H groups in total. The van der Waals surface area contributed by atoms with E-state index in [0.717, 1.165) is 12.8 Å².